The molecule has 0 aromatic carbocycles. The summed E-state index contributed by atoms with van der Waals surface area (Å²) in [5.74, 6) is 2.66. The van der Waals surface area contributed by atoms with Crippen molar-refractivity contribution in [2.45, 2.75) is 39.3 Å². The third-order valence-corrected chi connectivity index (χ3v) is 1.44. The Bertz CT molecular complexity index is 137. The van der Waals surface area contributed by atoms with Gasteiger partial charge in [-0.2, -0.15) is 0 Å². The van der Waals surface area contributed by atoms with Crippen molar-refractivity contribution in [2.24, 2.45) is 0 Å². The first kappa shape index (κ1) is 11.5. The summed E-state index contributed by atoms with van der Waals surface area (Å²) < 4.78 is 5.39. The largest absolute Gasteiger partial charge is 0.376 e. The van der Waals surface area contributed by atoms with Gasteiger partial charge < -0.3 is 10.1 Å². The predicted octanol–water partition coefficient (Wildman–Crippen LogP) is 1.41. The minimum absolute atomic E-state index is 0.0624. The Labute approximate surface area is 75.7 Å². The number of hydrogen-bond donors (Lipinski definition) is 1. The van der Waals surface area contributed by atoms with E-state index in [1.807, 2.05) is 13.8 Å². The maximum atomic E-state index is 5.39. The van der Waals surface area contributed by atoms with Gasteiger partial charge in [0, 0.05) is 0 Å². The molecule has 0 fully saturated rings. The van der Waals surface area contributed by atoms with Gasteiger partial charge in [0.2, 0.25) is 0 Å². The molecular formula is C10H19NO. The van der Waals surface area contributed by atoms with E-state index in [1.54, 1.807) is 0 Å². The lowest BCUT2D eigenvalue weighted by Gasteiger charge is -2.14. The second-order valence-corrected chi connectivity index (χ2v) is 3.06. The van der Waals surface area contributed by atoms with Crippen LogP contribution in [-0.2, 0) is 4.74 Å². The van der Waals surface area contributed by atoms with Gasteiger partial charge in [0.1, 0.15) is 0 Å². The van der Waals surface area contributed by atoms with Gasteiger partial charge in [0.05, 0.1) is 18.8 Å². The number of nitrogens with one attached hydrogen (secondary N) is 1. The molecule has 0 aromatic rings. The van der Waals surface area contributed by atoms with Gasteiger partial charge in [0.15, 0.2) is 0 Å². The Morgan fingerprint density at radius 3 is 2.58 bits per heavy atom. The first-order valence-corrected chi connectivity index (χ1v) is 4.51. The highest BCUT2D eigenvalue weighted by Crippen LogP contribution is 1.91. The lowest BCUT2D eigenvalue weighted by Crippen LogP contribution is -2.33. The summed E-state index contributed by atoms with van der Waals surface area (Å²) in [5, 5.41) is 3.21. The van der Waals surface area contributed by atoms with Crippen LogP contribution in [0, 0.1) is 12.3 Å². The maximum Gasteiger partial charge on any atom is 0.0924 e. The fourth-order valence-corrected chi connectivity index (χ4v) is 0.773. The minimum Gasteiger partial charge on any atom is -0.376 e. The summed E-state index contributed by atoms with van der Waals surface area (Å²) in [7, 11) is 0. The molecule has 0 aliphatic rings. The molecule has 12 heavy (non-hydrogen) atoms. The van der Waals surface area contributed by atoms with Gasteiger partial charge in [-0.3, -0.25) is 0 Å². The number of hydrogen-bond acceptors (Lipinski definition) is 2. The molecule has 1 unspecified atom stereocenters. The van der Waals surface area contributed by atoms with E-state index in [-0.39, 0.29) is 12.1 Å². The maximum absolute atomic E-state index is 5.39. The molecule has 0 amide bonds. The van der Waals surface area contributed by atoms with Crippen LogP contribution >= 0.6 is 0 Å². The zero-order chi connectivity index (χ0) is 9.40. The number of rotatable bonds is 6. The second kappa shape index (κ2) is 7.15. The van der Waals surface area contributed by atoms with Crippen molar-refractivity contribution < 1.29 is 4.74 Å². The van der Waals surface area contributed by atoms with Gasteiger partial charge in [-0.05, 0) is 26.8 Å². The van der Waals surface area contributed by atoms with Crippen molar-refractivity contribution in [1.29, 1.82) is 0 Å². The van der Waals surface area contributed by atoms with E-state index in [9.17, 15) is 0 Å². The topological polar surface area (TPSA) is 21.3 Å². The van der Waals surface area contributed by atoms with Crippen LogP contribution in [0.2, 0.25) is 0 Å². The molecule has 0 radical (unpaired) electrons. The van der Waals surface area contributed by atoms with Gasteiger partial charge in [0.25, 0.3) is 0 Å². The summed E-state index contributed by atoms with van der Waals surface area (Å²) in [6.07, 6.45) is 6.66. The molecule has 0 heterocycles. The fourth-order valence-electron chi connectivity index (χ4n) is 0.773. The molecule has 2 nitrogen and oxygen atoms in total. The average Bonchev–Trinajstić information content (AvgIpc) is 2.05. The van der Waals surface area contributed by atoms with E-state index < -0.39 is 0 Å². The normalized spacial score (nSPS) is 12.9. The zero-order valence-corrected chi connectivity index (χ0v) is 8.26. The number of ether oxygens (including phenoxy) is 1. The van der Waals surface area contributed by atoms with Crippen LogP contribution in [0.25, 0.3) is 0 Å². The molecule has 0 bridgehead atoms. The van der Waals surface area contributed by atoms with Crippen LogP contribution in [0.5, 0.6) is 0 Å². The predicted molar refractivity (Wildman–Crippen MR) is 52.0 cm³/mol. The highest BCUT2D eigenvalue weighted by molar-refractivity contribution is 4.98. The zero-order valence-electron chi connectivity index (χ0n) is 8.26. The molecular weight excluding hydrogens is 150 g/mol. The third kappa shape index (κ3) is 6.21. The molecule has 0 aliphatic carbocycles. The molecule has 1 atom stereocenters. The van der Waals surface area contributed by atoms with E-state index in [2.05, 4.69) is 18.2 Å². The summed E-state index contributed by atoms with van der Waals surface area (Å²) in [6.45, 7) is 7.69. The molecule has 0 aliphatic heterocycles. The summed E-state index contributed by atoms with van der Waals surface area (Å²) >= 11 is 0. The Kier molecular flexibility index (Phi) is 6.84. The van der Waals surface area contributed by atoms with Crippen molar-refractivity contribution in [3.05, 3.63) is 0 Å². The van der Waals surface area contributed by atoms with Crippen LogP contribution in [0.15, 0.2) is 0 Å². The molecule has 0 saturated heterocycles. The minimum atomic E-state index is 0.0624. The van der Waals surface area contributed by atoms with Crippen LogP contribution < -0.4 is 5.32 Å². The highest BCUT2D eigenvalue weighted by Gasteiger charge is 2.03. The molecule has 0 aromatic heterocycles. The van der Waals surface area contributed by atoms with Crippen molar-refractivity contribution in [2.75, 3.05) is 13.2 Å². The van der Waals surface area contributed by atoms with E-state index in [1.165, 1.54) is 0 Å². The van der Waals surface area contributed by atoms with Crippen molar-refractivity contribution >= 4 is 0 Å². The monoisotopic (exact) mass is 169 g/mol. The standard InChI is InChI=1S/C10H19NO/c1-5-7-11-10(6-2)8-12-9(3)4/h2,9-11H,5,7-8H2,1,3-4H3. The van der Waals surface area contributed by atoms with E-state index >= 15 is 0 Å². The Balaban J connectivity index is 3.48. The van der Waals surface area contributed by atoms with Gasteiger partial charge in [-0.1, -0.05) is 12.8 Å². The van der Waals surface area contributed by atoms with E-state index in [0.29, 0.717) is 6.61 Å². The van der Waals surface area contributed by atoms with E-state index in [4.69, 9.17) is 11.2 Å². The lowest BCUT2D eigenvalue weighted by molar-refractivity contribution is 0.0709. The summed E-state index contributed by atoms with van der Waals surface area (Å²) in [4.78, 5) is 0. The molecule has 0 spiro atoms. The van der Waals surface area contributed by atoms with Crippen molar-refractivity contribution in [3.8, 4) is 12.3 Å². The Morgan fingerprint density at radius 1 is 1.50 bits per heavy atom. The second-order valence-electron chi connectivity index (χ2n) is 3.06. The molecule has 2 heteroatoms. The molecule has 0 rings (SSSR count). The van der Waals surface area contributed by atoms with Crippen molar-refractivity contribution in [1.82, 2.24) is 5.32 Å². The smallest absolute Gasteiger partial charge is 0.0924 e. The van der Waals surface area contributed by atoms with Crippen molar-refractivity contribution in [3.63, 3.8) is 0 Å². The highest BCUT2D eigenvalue weighted by atomic mass is 16.5. The van der Waals surface area contributed by atoms with Crippen LogP contribution in [0.1, 0.15) is 27.2 Å². The van der Waals surface area contributed by atoms with Gasteiger partial charge >= 0.3 is 0 Å². The summed E-state index contributed by atoms with van der Waals surface area (Å²) in [5.41, 5.74) is 0. The molecule has 1 N–H and O–H groups in total. The van der Waals surface area contributed by atoms with Crippen LogP contribution in [0.4, 0.5) is 0 Å². The SMILES string of the molecule is C#CC(COC(C)C)NCCC. The average molecular weight is 169 g/mol. The first-order valence-electron chi connectivity index (χ1n) is 4.51. The van der Waals surface area contributed by atoms with E-state index in [0.717, 1.165) is 13.0 Å². The first-order chi connectivity index (χ1) is 5.70. The Morgan fingerprint density at radius 2 is 2.17 bits per heavy atom. The quantitative estimate of drug-likeness (QED) is 0.607. The van der Waals surface area contributed by atoms with Crippen LogP contribution in [0.3, 0.4) is 0 Å². The van der Waals surface area contributed by atoms with Crippen LogP contribution in [-0.4, -0.2) is 25.3 Å². The molecule has 0 saturated carbocycles. The summed E-state index contributed by atoms with van der Waals surface area (Å²) in [6, 6.07) is 0.0624. The van der Waals surface area contributed by atoms with Gasteiger partial charge in [-0.25, -0.2) is 0 Å². The third-order valence-electron chi connectivity index (χ3n) is 1.44. The Hall–Kier alpha value is -0.520. The number of terminal acetylenes is 1. The lowest BCUT2D eigenvalue weighted by atomic mass is 10.3. The van der Waals surface area contributed by atoms with Gasteiger partial charge in [-0.15, -0.1) is 6.42 Å². The fraction of sp³-hybridized carbons (Fsp3) is 0.800. The molecule has 70 valence electrons.